The molecule has 40 heavy (non-hydrogen) atoms. The molecular formula is C30H20N8OS. The van der Waals surface area contributed by atoms with E-state index in [0.717, 1.165) is 60.2 Å². The van der Waals surface area contributed by atoms with E-state index in [9.17, 15) is 0 Å². The molecule has 6 aromatic heterocycles. The molecule has 0 saturated heterocycles. The van der Waals surface area contributed by atoms with E-state index in [1.54, 1.807) is 17.7 Å². The Morgan fingerprint density at radius 3 is 2.83 bits per heavy atom. The van der Waals surface area contributed by atoms with Gasteiger partial charge in [-0.15, -0.1) is 11.3 Å². The van der Waals surface area contributed by atoms with E-state index in [1.165, 1.54) is 4.88 Å². The number of pyridine rings is 2. The number of thiophene rings is 1. The summed E-state index contributed by atoms with van der Waals surface area (Å²) in [5.41, 5.74) is 6.73. The molecule has 1 aromatic carbocycles. The molecule has 0 amide bonds. The maximum Gasteiger partial charge on any atom is 0.229 e. The van der Waals surface area contributed by atoms with Crippen molar-refractivity contribution in [2.24, 2.45) is 4.99 Å². The quantitative estimate of drug-likeness (QED) is 0.265. The average molecular weight is 541 g/mol. The van der Waals surface area contributed by atoms with Crippen molar-refractivity contribution in [3.8, 4) is 5.69 Å². The van der Waals surface area contributed by atoms with Gasteiger partial charge >= 0.3 is 0 Å². The zero-order valence-corrected chi connectivity index (χ0v) is 22.0. The number of furan rings is 1. The number of rotatable bonds is 2. The van der Waals surface area contributed by atoms with Crippen LogP contribution in [-0.4, -0.2) is 37.3 Å². The fourth-order valence-electron chi connectivity index (χ4n) is 5.96. The summed E-state index contributed by atoms with van der Waals surface area (Å²) in [6.45, 7) is 2.88. The van der Waals surface area contributed by atoms with Gasteiger partial charge in [0.25, 0.3) is 0 Å². The lowest BCUT2D eigenvalue weighted by Crippen LogP contribution is -2.38. The predicted octanol–water partition coefficient (Wildman–Crippen LogP) is 6.29. The van der Waals surface area contributed by atoms with E-state index in [0.29, 0.717) is 18.0 Å². The Balaban J connectivity index is 1.25. The fraction of sp³-hybridized carbons (Fsp3) is 0.100. The Labute approximate surface area is 230 Å². The number of nitrogens with zero attached hydrogens (tertiary/aromatic N) is 6. The van der Waals surface area contributed by atoms with Gasteiger partial charge in [-0.25, -0.2) is 24.9 Å². The molecule has 0 aliphatic carbocycles. The summed E-state index contributed by atoms with van der Waals surface area (Å²) < 4.78 is 9.30. The van der Waals surface area contributed by atoms with E-state index in [4.69, 9.17) is 19.4 Å². The molecule has 1 atom stereocenters. The summed E-state index contributed by atoms with van der Waals surface area (Å²) in [6.07, 6.45) is 13.2. The Morgan fingerprint density at radius 2 is 1.88 bits per heavy atom. The first-order chi connectivity index (χ1) is 19.7. The standard InChI is InChI=1S/C30H20N8OS/c1-30(26-19(6-7-37-30)24-23(40-26)14-31-15-36-24)16-10-20-21-11-17(13-35-29(21)39-28(20)34-12-16)38-22-5-3-2-4-18(22)25-27(38)33-9-8-32-25/h2-7,9-15,32,37H,8H2,1H3. The monoisotopic (exact) mass is 540 g/mol. The number of hydrogen-bond donors (Lipinski definition) is 2. The minimum atomic E-state index is -0.499. The van der Waals surface area contributed by atoms with E-state index < -0.39 is 5.54 Å². The van der Waals surface area contributed by atoms with Crippen molar-refractivity contribution in [1.29, 1.82) is 0 Å². The molecular weight excluding hydrogens is 520 g/mol. The minimum absolute atomic E-state index is 0.499. The smallest absolute Gasteiger partial charge is 0.229 e. The second kappa shape index (κ2) is 7.73. The third kappa shape index (κ3) is 2.83. The summed E-state index contributed by atoms with van der Waals surface area (Å²) in [7, 11) is 0. The van der Waals surface area contributed by atoms with Crippen molar-refractivity contribution in [3.05, 3.63) is 83.5 Å². The molecule has 9 rings (SSSR count). The first kappa shape index (κ1) is 21.8. The highest BCUT2D eigenvalue weighted by Crippen LogP contribution is 2.45. The first-order valence-electron chi connectivity index (χ1n) is 13.0. The van der Waals surface area contributed by atoms with Crippen LogP contribution in [0.5, 0.6) is 0 Å². The van der Waals surface area contributed by atoms with Crippen molar-refractivity contribution in [3.63, 3.8) is 0 Å². The number of anilines is 1. The Bertz CT molecular complexity index is 2240. The van der Waals surface area contributed by atoms with Crippen molar-refractivity contribution in [1.82, 2.24) is 29.8 Å². The highest BCUT2D eigenvalue weighted by molar-refractivity contribution is 7.19. The van der Waals surface area contributed by atoms with Crippen LogP contribution in [0.15, 0.2) is 76.9 Å². The molecule has 0 fully saturated rings. The molecule has 2 N–H and O–H groups in total. The lowest BCUT2D eigenvalue weighted by Gasteiger charge is -2.33. The fourth-order valence-corrected chi connectivity index (χ4v) is 7.21. The minimum Gasteiger partial charge on any atom is -0.419 e. The van der Waals surface area contributed by atoms with E-state index in [2.05, 4.69) is 68.5 Å². The molecule has 2 aliphatic rings. The second-order valence-corrected chi connectivity index (χ2v) is 11.2. The summed E-state index contributed by atoms with van der Waals surface area (Å²) in [4.78, 5) is 24.2. The van der Waals surface area contributed by atoms with Gasteiger partial charge in [0.05, 0.1) is 56.2 Å². The summed E-state index contributed by atoms with van der Waals surface area (Å²) >= 11 is 1.70. The van der Waals surface area contributed by atoms with Gasteiger partial charge in [0.1, 0.15) is 6.33 Å². The molecule has 9 nitrogen and oxygen atoms in total. The van der Waals surface area contributed by atoms with Crippen molar-refractivity contribution in [2.75, 3.05) is 11.9 Å². The number of para-hydroxylation sites is 1. The van der Waals surface area contributed by atoms with Crippen molar-refractivity contribution in [2.45, 2.75) is 12.5 Å². The van der Waals surface area contributed by atoms with E-state index in [1.807, 2.05) is 37.1 Å². The van der Waals surface area contributed by atoms with Gasteiger partial charge in [0.15, 0.2) is 5.82 Å². The van der Waals surface area contributed by atoms with Gasteiger partial charge in [0, 0.05) is 40.0 Å². The summed E-state index contributed by atoms with van der Waals surface area (Å²) in [6, 6.07) is 12.6. The Morgan fingerprint density at radius 1 is 1.00 bits per heavy atom. The molecule has 192 valence electrons. The van der Waals surface area contributed by atoms with Gasteiger partial charge < -0.3 is 15.1 Å². The molecule has 10 heteroatoms. The van der Waals surface area contributed by atoms with Crippen LogP contribution in [0, 0.1) is 0 Å². The van der Waals surface area contributed by atoms with Crippen LogP contribution in [-0.2, 0) is 5.54 Å². The zero-order valence-electron chi connectivity index (χ0n) is 21.2. The van der Waals surface area contributed by atoms with Gasteiger partial charge in [-0.3, -0.25) is 4.57 Å². The number of nitrogens with one attached hydrogen (secondary N) is 2. The van der Waals surface area contributed by atoms with Crippen LogP contribution >= 0.6 is 11.3 Å². The van der Waals surface area contributed by atoms with Crippen LogP contribution < -0.4 is 10.6 Å². The maximum atomic E-state index is 6.09. The molecule has 7 aromatic rings. The third-order valence-corrected chi connectivity index (χ3v) is 9.26. The van der Waals surface area contributed by atoms with Crippen LogP contribution in [0.25, 0.3) is 55.1 Å². The number of aromatic nitrogens is 5. The molecule has 0 bridgehead atoms. The SMILES string of the molecule is CC1(c2cnc3oc4ncc(-n5c6c(c7ccccc75)NCC=N6)cc4c3c2)NC=Cc2c1sc1cncnc21. The van der Waals surface area contributed by atoms with E-state index in [-0.39, 0.29) is 0 Å². The first-order valence-corrected chi connectivity index (χ1v) is 13.8. The zero-order chi connectivity index (χ0) is 26.4. The average Bonchev–Trinajstić information content (AvgIpc) is 3.67. The van der Waals surface area contributed by atoms with Gasteiger partial charge in [-0.05, 0) is 37.4 Å². The van der Waals surface area contributed by atoms with E-state index >= 15 is 0 Å². The second-order valence-electron chi connectivity index (χ2n) is 10.2. The van der Waals surface area contributed by atoms with Crippen LogP contribution in [0.2, 0.25) is 0 Å². The topological polar surface area (TPSA) is 106 Å². The Kier molecular flexibility index (Phi) is 4.22. The summed E-state index contributed by atoms with van der Waals surface area (Å²) in [5, 5.41) is 10.0. The molecule has 0 radical (unpaired) electrons. The van der Waals surface area contributed by atoms with Crippen molar-refractivity contribution < 1.29 is 4.42 Å². The normalized spacial score (nSPS) is 17.8. The summed E-state index contributed by atoms with van der Waals surface area (Å²) in [5.74, 6) is 0.867. The lowest BCUT2D eigenvalue weighted by molar-refractivity contribution is 0.512. The Hall–Kier alpha value is -5.09. The number of hydrogen-bond acceptors (Lipinski definition) is 9. The third-order valence-electron chi connectivity index (χ3n) is 7.91. The number of benzene rings is 1. The molecule has 8 heterocycles. The molecule has 2 aliphatic heterocycles. The molecule has 1 unspecified atom stereocenters. The molecule has 0 saturated carbocycles. The van der Waals surface area contributed by atoms with Crippen LogP contribution in [0.4, 0.5) is 11.5 Å². The largest absolute Gasteiger partial charge is 0.419 e. The maximum absolute atomic E-state index is 6.09. The molecule has 0 spiro atoms. The highest BCUT2D eigenvalue weighted by Gasteiger charge is 2.36. The lowest BCUT2D eigenvalue weighted by atomic mass is 9.87. The number of fused-ring (bicyclic) bond motifs is 9. The number of aliphatic imine (C=N–C) groups is 1. The van der Waals surface area contributed by atoms with Crippen LogP contribution in [0.3, 0.4) is 0 Å². The van der Waals surface area contributed by atoms with Crippen molar-refractivity contribution >= 4 is 78.5 Å². The highest BCUT2D eigenvalue weighted by atomic mass is 32.1. The van der Waals surface area contributed by atoms with Crippen LogP contribution in [0.1, 0.15) is 22.9 Å². The van der Waals surface area contributed by atoms with Gasteiger partial charge in [-0.1, -0.05) is 18.2 Å². The van der Waals surface area contributed by atoms with Gasteiger partial charge in [-0.2, -0.15) is 0 Å². The van der Waals surface area contributed by atoms with Gasteiger partial charge in [0.2, 0.25) is 11.4 Å². The predicted molar refractivity (Wildman–Crippen MR) is 159 cm³/mol.